The molecule has 0 aliphatic heterocycles. The minimum absolute atomic E-state index is 0.453. The van der Waals surface area contributed by atoms with Gasteiger partial charge in [-0.3, -0.25) is 9.78 Å². The molecule has 0 unspecified atom stereocenters. The van der Waals surface area contributed by atoms with Gasteiger partial charge in [-0.2, -0.15) is 5.26 Å². The molecule has 0 atom stereocenters. The average Bonchev–Trinajstić information content (AvgIpc) is 2.52. The fraction of sp³-hybridized carbons (Fsp3) is 0.235. The van der Waals surface area contributed by atoms with Crippen molar-refractivity contribution in [3.8, 4) is 6.07 Å². The number of aldehydes is 1. The summed E-state index contributed by atoms with van der Waals surface area (Å²) in [6.07, 6.45) is 4.88. The lowest BCUT2D eigenvalue weighted by Gasteiger charge is -2.24. The van der Waals surface area contributed by atoms with Crippen LogP contribution in [0.2, 0.25) is 0 Å². The molecule has 0 fully saturated rings. The smallest absolute Gasteiger partial charge is 0.150 e. The number of hydrogen-bond donors (Lipinski definition) is 0. The van der Waals surface area contributed by atoms with E-state index in [0.29, 0.717) is 25.1 Å². The maximum Gasteiger partial charge on any atom is 0.150 e. The Bertz CT molecular complexity index is 647. The summed E-state index contributed by atoms with van der Waals surface area (Å²) < 4.78 is 0. The number of anilines is 1. The first-order valence-corrected chi connectivity index (χ1v) is 6.81. The summed E-state index contributed by atoms with van der Waals surface area (Å²) in [6, 6.07) is 11.8. The van der Waals surface area contributed by atoms with Crippen molar-refractivity contribution in [1.82, 2.24) is 4.98 Å². The number of hydrogen-bond acceptors (Lipinski definition) is 4. The average molecular weight is 279 g/mol. The summed E-state index contributed by atoms with van der Waals surface area (Å²) >= 11 is 0. The van der Waals surface area contributed by atoms with Crippen molar-refractivity contribution in [2.75, 3.05) is 11.4 Å². The molecule has 0 bridgehead atoms. The third-order valence-corrected chi connectivity index (χ3v) is 3.34. The van der Waals surface area contributed by atoms with Crippen molar-refractivity contribution in [2.45, 2.75) is 19.9 Å². The van der Waals surface area contributed by atoms with E-state index in [2.05, 4.69) is 16.0 Å². The van der Waals surface area contributed by atoms with E-state index in [1.807, 2.05) is 43.5 Å². The van der Waals surface area contributed by atoms with Crippen LogP contribution in [0, 0.1) is 18.3 Å². The van der Waals surface area contributed by atoms with Crippen LogP contribution in [0.1, 0.15) is 27.9 Å². The highest BCUT2D eigenvalue weighted by atomic mass is 16.1. The topological polar surface area (TPSA) is 57.0 Å². The van der Waals surface area contributed by atoms with Gasteiger partial charge in [-0.15, -0.1) is 0 Å². The van der Waals surface area contributed by atoms with Crippen molar-refractivity contribution < 1.29 is 4.79 Å². The second kappa shape index (κ2) is 7.20. The lowest BCUT2D eigenvalue weighted by Crippen LogP contribution is -2.23. The van der Waals surface area contributed by atoms with Crippen LogP contribution in [0.4, 0.5) is 5.69 Å². The Morgan fingerprint density at radius 1 is 1.38 bits per heavy atom. The van der Waals surface area contributed by atoms with Gasteiger partial charge in [0.05, 0.1) is 12.5 Å². The Labute approximate surface area is 124 Å². The first-order chi connectivity index (χ1) is 10.2. The fourth-order valence-corrected chi connectivity index (χ4v) is 2.19. The van der Waals surface area contributed by atoms with Gasteiger partial charge in [0.1, 0.15) is 6.29 Å². The Kier molecular flexibility index (Phi) is 5.05. The van der Waals surface area contributed by atoms with Crippen LogP contribution in [0.25, 0.3) is 0 Å². The number of aromatic nitrogens is 1. The van der Waals surface area contributed by atoms with Gasteiger partial charge in [-0.1, -0.05) is 6.07 Å². The summed E-state index contributed by atoms with van der Waals surface area (Å²) in [6.45, 7) is 3.25. The quantitative estimate of drug-likeness (QED) is 0.762. The lowest BCUT2D eigenvalue weighted by atomic mass is 10.1. The van der Waals surface area contributed by atoms with Gasteiger partial charge in [-0.05, 0) is 42.3 Å². The van der Waals surface area contributed by atoms with E-state index in [1.54, 1.807) is 6.20 Å². The van der Waals surface area contributed by atoms with Crippen LogP contribution in [0.3, 0.4) is 0 Å². The van der Waals surface area contributed by atoms with Crippen LogP contribution in [-0.2, 0) is 6.54 Å². The van der Waals surface area contributed by atoms with Gasteiger partial charge in [0, 0.05) is 36.7 Å². The Balaban J connectivity index is 2.25. The van der Waals surface area contributed by atoms with Crippen LogP contribution in [0.5, 0.6) is 0 Å². The standard InChI is InChI=1S/C17H17N3O/c1-14-10-17(6-5-16(14)13-21)20(9-3-7-18)12-15-4-2-8-19-11-15/h2,4-6,8,10-11,13H,3,9,12H2,1H3. The summed E-state index contributed by atoms with van der Waals surface area (Å²) in [5, 5.41) is 8.83. The van der Waals surface area contributed by atoms with Crippen LogP contribution in [-0.4, -0.2) is 17.8 Å². The molecule has 1 heterocycles. The van der Waals surface area contributed by atoms with Crippen molar-refractivity contribution in [3.63, 3.8) is 0 Å². The summed E-state index contributed by atoms with van der Waals surface area (Å²) in [7, 11) is 0. The fourth-order valence-electron chi connectivity index (χ4n) is 2.19. The number of carbonyl (C=O) groups is 1. The lowest BCUT2D eigenvalue weighted by molar-refractivity contribution is 0.112. The largest absolute Gasteiger partial charge is 0.366 e. The van der Waals surface area contributed by atoms with E-state index in [0.717, 1.165) is 23.1 Å². The van der Waals surface area contributed by atoms with Crippen molar-refractivity contribution in [2.24, 2.45) is 0 Å². The first kappa shape index (κ1) is 14.7. The Morgan fingerprint density at radius 2 is 2.24 bits per heavy atom. The van der Waals surface area contributed by atoms with Crippen molar-refractivity contribution >= 4 is 12.0 Å². The molecule has 0 radical (unpaired) electrons. The molecule has 0 saturated heterocycles. The Morgan fingerprint density at radius 3 is 2.86 bits per heavy atom. The maximum atomic E-state index is 10.9. The zero-order valence-electron chi connectivity index (χ0n) is 12.0. The highest BCUT2D eigenvalue weighted by Gasteiger charge is 2.09. The number of aryl methyl sites for hydroxylation is 1. The van der Waals surface area contributed by atoms with E-state index in [-0.39, 0.29) is 0 Å². The van der Waals surface area contributed by atoms with Crippen LogP contribution < -0.4 is 4.90 Å². The second-order valence-electron chi connectivity index (χ2n) is 4.85. The first-order valence-electron chi connectivity index (χ1n) is 6.81. The Hall–Kier alpha value is -2.67. The molecule has 0 amide bonds. The molecule has 1 aromatic carbocycles. The third-order valence-electron chi connectivity index (χ3n) is 3.34. The second-order valence-corrected chi connectivity index (χ2v) is 4.85. The maximum absolute atomic E-state index is 10.9. The SMILES string of the molecule is Cc1cc(N(CCC#N)Cc2cccnc2)ccc1C=O. The third kappa shape index (κ3) is 3.90. The zero-order chi connectivity index (χ0) is 15.1. The molecule has 4 nitrogen and oxygen atoms in total. The number of nitriles is 1. The molecular formula is C17H17N3O. The molecule has 2 aromatic rings. The molecule has 4 heteroatoms. The normalized spacial score (nSPS) is 9.90. The minimum Gasteiger partial charge on any atom is -0.366 e. The summed E-state index contributed by atoms with van der Waals surface area (Å²) in [4.78, 5) is 17.2. The minimum atomic E-state index is 0.453. The predicted octanol–water partition coefficient (Wildman–Crippen LogP) is 3.12. The molecule has 106 valence electrons. The molecular weight excluding hydrogens is 262 g/mol. The van der Waals surface area contributed by atoms with Gasteiger partial charge in [0.2, 0.25) is 0 Å². The monoisotopic (exact) mass is 279 g/mol. The summed E-state index contributed by atoms with van der Waals surface area (Å²) in [5.74, 6) is 0. The van der Waals surface area contributed by atoms with E-state index in [9.17, 15) is 4.79 Å². The van der Waals surface area contributed by atoms with E-state index < -0.39 is 0 Å². The summed E-state index contributed by atoms with van der Waals surface area (Å²) in [5.41, 5.74) is 3.74. The molecule has 0 aliphatic rings. The number of pyridine rings is 1. The van der Waals surface area contributed by atoms with Gasteiger partial charge in [0.25, 0.3) is 0 Å². The van der Waals surface area contributed by atoms with Crippen molar-refractivity contribution in [3.05, 3.63) is 59.4 Å². The number of rotatable bonds is 6. The van der Waals surface area contributed by atoms with E-state index in [1.165, 1.54) is 0 Å². The van der Waals surface area contributed by atoms with Crippen LogP contribution in [0.15, 0.2) is 42.7 Å². The molecule has 0 saturated carbocycles. The van der Waals surface area contributed by atoms with E-state index in [4.69, 9.17) is 5.26 Å². The molecule has 1 aromatic heterocycles. The zero-order valence-corrected chi connectivity index (χ0v) is 12.0. The molecule has 21 heavy (non-hydrogen) atoms. The molecule has 0 N–H and O–H groups in total. The highest BCUT2D eigenvalue weighted by molar-refractivity contribution is 5.78. The molecule has 0 spiro atoms. The van der Waals surface area contributed by atoms with Gasteiger partial charge in [-0.25, -0.2) is 0 Å². The van der Waals surface area contributed by atoms with E-state index >= 15 is 0 Å². The van der Waals surface area contributed by atoms with Gasteiger partial charge >= 0.3 is 0 Å². The predicted molar refractivity (Wildman–Crippen MR) is 82.1 cm³/mol. The van der Waals surface area contributed by atoms with Crippen LogP contribution >= 0.6 is 0 Å². The van der Waals surface area contributed by atoms with Gasteiger partial charge < -0.3 is 4.90 Å². The van der Waals surface area contributed by atoms with Gasteiger partial charge in [0.15, 0.2) is 0 Å². The highest BCUT2D eigenvalue weighted by Crippen LogP contribution is 2.20. The number of nitrogens with zero attached hydrogens (tertiary/aromatic N) is 3. The van der Waals surface area contributed by atoms with Crippen molar-refractivity contribution in [1.29, 1.82) is 5.26 Å². The molecule has 2 rings (SSSR count). The molecule has 0 aliphatic carbocycles. The number of carbonyl (C=O) groups excluding carboxylic acids is 1. The number of benzene rings is 1.